The minimum atomic E-state index is -4.76. The molecule has 56 heavy (non-hydrogen) atoms. The molecule has 3 fully saturated rings. The Morgan fingerprint density at radius 2 is 1.68 bits per heavy atom. The highest BCUT2D eigenvalue weighted by atomic mass is 127. The molecule has 6 atom stereocenters. The number of anilines is 2. The number of carbonyl (C=O) groups excluding carboxylic acids is 4. The van der Waals surface area contributed by atoms with E-state index in [1.54, 1.807) is 60.7 Å². The van der Waals surface area contributed by atoms with Gasteiger partial charge in [-0.05, 0) is 107 Å². The van der Waals surface area contributed by atoms with E-state index in [2.05, 4.69) is 26.3 Å². The molecule has 4 aliphatic rings. The van der Waals surface area contributed by atoms with Gasteiger partial charge in [0, 0.05) is 21.6 Å². The topological polar surface area (TPSA) is 129 Å². The standard InChI is InChI=1S/C39H27BrCl2F3IN4O6/c1-56-29-13-17(12-28(46)32(29)51)31-23-10-11-24-30(36(54)49(34(24)52)22-8-4-20(40)5-9-22)25(23)15-26-35(53)50(37(55)38(26,31)18-2-6-21(41)7-3-18)48-33-27(42)14-19(16-47-33)39(43,44)45/h2-10,12-14,16,24-26,30-31,51H,11,15H2,1H3,(H,47,48)/t24-,25+,26-,30-,31-,38+/m0/s1. The van der Waals surface area contributed by atoms with Gasteiger partial charge in [0.2, 0.25) is 11.8 Å². The summed E-state index contributed by atoms with van der Waals surface area (Å²) in [5.74, 6) is -7.36. The molecule has 3 heterocycles. The minimum absolute atomic E-state index is 0.0530. The number of phenols is 1. The number of amides is 4. The number of carbonyl (C=O) groups is 4. The number of rotatable bonds is 6. The van der Waals surface area contributed by atoms with Crippen LogP contribution in [0.1, 0.15) is 35.4 Å². The minimum Gasteiger partial charge on any atom is -0.504 e. The Bertz CT molecular complexity index is 2380. The molecule has 17 heteroatoms. The Kier molecular flexibility index (Phi) is 9.68. The van der Waals surface area contributed by atoms with Crippen molar-refractivity contribution in [1.82, 2.24) is 9.99 Å². The van der Waals surface area contributed by atoms with Crippen molar-refractivity contribution in [3.8, 4) is 11.5 Å². The lowest BCUT2D eigenvalue weighted by atomic mass is 9.49. The van der Waals surface area contributed by atoms with E-state index in [9.17, 15) is 32.7 Å². The van der Waals surface area contributed by atoms with Crippen LogP contribution in [0.4, 0.5) is 24.7 Å². The van der Waals surface area contributed by atoms with Gasteiger partial charge in [0.1, 0.15) is 0 Å². The number of hydrogen-bond donors (Lipinski definition) is 2. The fraction of sp³-hybridized carbons (Fsp3) is 0.256. The van der Waals surface area contributed by atoms with Crippen molar-refractivity contribution in [1.29, 1.82) is 0 Å². The molecule has 8 rings (SSSR count). The molecule has 0 unspecified atom stereocenters. The average molecular weight is 982 g/mol. The predicted octanol–water partition coefficient (Wildman–Crippen LogP) is 8.68. The number of nitrogens with zero attached hydrogens (tertiary/aromatic N) is 3. The molecular weight excluding hydrogens is 955 g/mol. The summed E-state index contributed by atoms with van der Waals surface area (Å²) in [6.45, 7) is 0. The van der Waals surface area contributed by atoms with Crippen LogP contribution in [0.3, 0.4) is 0 Å². The van der Waals surface area contributed by atoms with Crippen molar-refractivity contribution < 1.29 is 42.2 Å². The molecule has 0 bridgehead atoms. The highest BCUT2D eigenvalue weighted by molar-refractivity contribution is 14.1. The molecule has 1 saturated carbocycles. The smallest absolute Gasteiger partial charge is 0.417 e. The zero-order valence-electron chi connectivity index (χ0n) is 28.8. The van der Waals surface area contributed by atoms with E-state index in [-0.39, 0.29) is 36.1 Å². The number of aromatic nitrogens is 1. The number of alkyl halides is 3. The van der Waals surface area contributed by atoms with Gasteiger partial charge in [-0.1, -0.05) is 62.9 Å². The second kappa shape index (κ2) is 14.0. The largest absolute Gasteiger partial charge is 0.504 e. The van der Waals surface area contributed by atoms with Crippen LogP contribution >= 0.6 is 61.7 Å². The van der Waals surface area contributed by atoms with E-state index in [4.69, 9.17) is 27.9 Å². The number of halogens is 7. The number of pyridine rings is 1. The SMILES string of the molecule is COc1cc([C@H]2C3=CC[C@@H]4C(=O)N(c5ccc(Br)cc5)C(=O)[C@@H]4[C@@H]3C[C@H]3C(=O)N(Nc4ncc(C(F)(F)F)cc4Cl)C(=O)[C@@]23c2ccc(Cl)cc2)cc(I)c1O. The number of ether oxygens (including phenoxy) is 1. The van der Waals surface area contributed by atoms with Crippen molar-refractivity contribution >= 4 is 96.9 Å². The van der Waals surface area contributed by atoms with Crippen LogP contribution in [0.25, 0.3) is 0 Å². The molecule has 2 saturated heterocycles. The van der Waals surface area contributed by atoms with Crippen LogP contribution in [0.5, 0.6) is 11.5 Å². The number of hydrazine groups is 1. The van der Waals surface area contributed by atoms with Gasteiger partial charge in [0.25, 0.3) is 11.8 Å². The number of benzene rings is 3. The van der Waals surface area contributed by atoms with Gasteiger partial charge in [0.15, 0.2) is 17.3 Å². The molecule has 2 N–H and O–H groups in total. The molecule has 3 aromatic carbocycles. The summed E-state index contributed by atoms with van der Waals surface area (Å²) in [5.41, 5.74) is 1.61. The van der Waals surface area contributed by atoms with Crippen LogP contribution in [0, 0.1) is 27.2 Å². The Morgan fingerprint density at radius 3 is 2.32 bits per heavy atom. The molecular formula is C39H27BrCl2F3IN4O6. The van der Waals surface area contributed by atoms with E-state index >= 15 is 4.79 Å². The summed E-state index contributed by atoms with van der Waals surface area (Å²) >= 11 is 17.9. The van der Waals surface area contributed by atoms with Crippen molar-refractivity contribution in [2.24, 2.45) is 23.7 Å². The second-order valence-corrected chi connectivity index (χ2v) is 16.9. The van der Waals surface area contributed by atoms with Gasteiger partial charge in [0.05, 0.1) is 50.1 Å². The van der Waals surface area contributed by atoms with Gasteiger partial charge < -0.3 is 9.84 Å². The van der Waals surface area contributed by atoms with E-state index in [1.165, 1.54) is 12.0 Å². The fourth-order valence-corrected chi connectivity index (χ4v) is 10.1. The first-order valence-corrected chi connectivity index (χ1v) is 19.7. The maximum absolute atomic E-state index is 15.4. The summed E-state index contributed by atoms with van der Waals surface area (Å²) in [7, 11) is 1.37. The van der Waals surface area contributed by atoms with Crippen molar-refractivity contribution in [3.05, 3.63) is 119 Å². The van der Waals surface area contributed by atoms with Gasteiger partial charge in [-0.3, -0.25) is 29.5 Å². The van der Waals surface area contributed by atoms with Crippen LogP contribution in [0.2, 0.25) is 10.0 Å². The van der Waals surface area contributed by atoms with E-state index < -0.39 is 69.5 Å². The molecule has 4 amide bonds. The van der Waals surface area contributed by atoms with Crippen LogP contribution in [0.15, 0.2) is 89.0 Å². The third-order valence-corrected chi connectivity index (χ3v) is 13.1. The summed E-state index contributed by atoms with van der Waals surface area (Å²) in [6.07, 6.45) is -2.25. The normalized spacial score (nSPS) is 25.9. The highest BCUT2D eigenvalue weighted by Gasteiger charge is 2.70. The fourth-order valence-electron chi connectivity index (χ4n) is 8.92. The van der Waals surface area contributed by atoms with Crippen LogP contribution < -0.4 is 15.1 Å². The lowest BCUT2D eigenvalue weighted by molar-refractivity contribution is -0.139. The van der Waals surface area contributed by atoms with Crippen LogP contribution in [-0.4, -0.2) is 45.8 Å². The second-order valence-electron chi connectivity index (χ2n) is 14.0. The Labute approximate surface area is 349 Å². The number of nitrogens with one attached hydrogen (secondary N) is 1. The summed E-state index contributed by atoms with van der Waals surface area (Å²) in [6, 6.07) is 17.1. The number of methoxy groups -OCH3 is 1. The Morgan fingerprint density at radius 1 is 0.982 bits per heavy atom. The first-order chi connectivity index (χ1) is 26.6. The van der Waals surface area contributed by atoms with E-state index in [0.717, 1.165) is 9.48 Å². The zero-order valence-corrected chi connectivity index (χ0v) is 34.0. The van der Waals surface area contributed by atoms with Crippen molar-refractivity contribution in [2.45, 2.75) is 30.4 Å². The molecule has 4 aromatic rings. The Hall–Kier alpha value is -4.19. The number of fused-ring (bicyclic) bond motifs is 4. The molecule has 288 valence electrons. The first-order valence-electron chi connectivity index (χ1n) is 17.1. The third kappa shape index (κ3) is 5.90. The van der Waals surface area contributed by atoms with Crippen molar-refractivity contribution in [2.75, 3.05) is 17.4 Å². The van der Waals surface area contributed by atoms with Gasteiger partial charge in [-0.2, -0.15) is 18.2 Å². The Balaban J connectivity index is 1.33. The quantitative estimate of drug-likeness (QED) is 0.112. The molecule has 0 radical (unpaired) electrons. The first kappa shape index (κ1) is 38.7. The van der Waals surface area contributed by atoms with Gasteiger partial charge in [-0.15, -0.1) is 0 Å². The molecule has 2 aliphatic carbocycles. The lowest BCUT2D eigenvalue weighted by Crippen LogP contribution is -2.53. The molecule has 10 nitrogen and oxygen atoms in total. The number of imide groups is 2. The van der Waals surface area contributed by atoms with E-state index in [0.29, 0.717) is 43.2 Å². The number of phenolic OH excluding ortho intramolecular Hbond substituents is 1. The predicted molar refractivity (Wildman–Crippen MR) is 211 cm³/mol. The zero-order chi connectivity index (χ0) is 40.0. The van der Waals surface area contributed by atoms with Gasteiger partial charge >= 0.3 is 6.18 Å². The summed E-state index contributed by atoms with van der Waals surface area (Å²) in [5, 5.41) is 11.5. The molecule has 1 aromatic heterocycles. The maximum Gasteiger partial charge on any atom is 0.417 e. The highest BCUT2D eigenvalue weighted by Crippen LogP contribution is 2.64. The number of hydrogen-bond acceptors (Lipinski definition) is 8. The number of aromatic hydroxyl groups is 1. The molecule has 0 spiro atoms. The lowest BCUT2D eigenvalue weighted by Gasteiger charge is -2.50. The third-order valence-electron chi connectivity index (χ3n) is 11.2. The number of allylic oxidation sites excluding steroid dienone is 2. The summed E-state index contributed by atoms with van der Waals surface area (Å²) < 4.78 is 47.2. The average Bonchev–Trinajstić information content (AvgIpc) is 3.54. The molecule has 2 aliphatic heterocycles. The summed E-state index contributed by atoms with van der Waals surface area (Å²) in [4.78, 5) is 63.8. The van der Waals surface area contributed by atoms with E-state index in [1.807, 2.05) is 28.7 Å². The maximum atomic E-state index is 15.4. The van der Waals surface area contributed by atoms with Crippen molar-refractivity contribution in [3.63, 3.8) is 0 Å². The van der Waals surface area contributed by atoms with Gasteiger partial charge in [-0.25, -0.2) is 4.98 Å². The van der Waals surface area contributed by atoms with Crippen LogP contribution in [-0.2, 0) is 30.8 Å². The monoisotopic (exact) mass is 980 g/mol.